The third-order valence-electron chi connectivity index (χ3n) is 4.13. The Kier molecular flexibility index (Phi) is 6.35. The zero-order chi connectivity index (χ0) is 16.7. The molecule has 2 N–H and O–H groups in total. The standard InChI is InChI=1S/C18H25N3O2/c1-4-21(5-2)13-9-12-19-18(22)16-14(3)23-20-17(16)15-10-7-6-8-11-15/h6-8,10-11H,4-5,9,12-13H2,1-3H3,(H,19,22)/p+1. The van der Waals surface area contributed by atoms with Gasteiger partial charge in [0.25, 0.3) is 5.91 Å². The Morgan fingerprint density at radius 3 is 2.57 bits per heavy atom. The molecule has 0 aliphatic carbocycles. The molecular weight excluding hydrogens is 290 g/mol. The van der Waals surface area contributed by atoms with E-state index in [1.165, 1.54) is 0 Å². The number of nitrogens with one attached hydrogen (secondary N) is 2. The topological polar surface area (TPSA) is 59.6 Å². The number of hydrogen-bond acceptors (Lipinski definition) is 3. The number of benzene rings is 1. The fourth-order valence-electron chi connectivity index (χ4n) is 2.66. The van der Waals surface area contributed by atoms with Crippen molar-refractivity contribution in [1.29, 1.82) is 0 Å². The molecule has 5 nitrogen and oxygen atoms in total. The van der Waals surface area contributed by atoms with Gasteiger partial charge in [0.05, 0.1) is 19.6 Å². The highest BCUT2D eigenvalue weighted by molar-refractivity contribution is 6.00. The molecule has 0 spiro atoms. The van der Waals surface area contributed by atoms with Gasteiger partial charge < -0.3 is 14.7 Å². The lowest BCUT2D eigenvalue weighted by atomic mass is 10.1. The van der Waals surface area contributed by atoms with E-state index in [1.54, 1.807) is 11.8 Å². The molecule has 0 aliphatic heterocycles. The molecule has 0 bridgehead atoms. The third kappa shape index (κ3) is 4.42. The monoisotopic (exact) mass is 316 g/mol. The van der Waals surface area contributed by atoms with Gasteiger partial charge in [-0.05, 0) is 20.8 Å². The predicted octanol–water partition coefficient (Wildman–Crippen LogP) is 1.69. The second kappa shape index (κ2) is 8.48. The van der Waals surface area contributed by atoms with E-state index in [4.69, 9.17) is 4.52 Å². The molecule has 5 heteroatoms. The number of aryl methyl sites for hydroxylation is 1. The SMILES string of the molecule is CC[NH+](CC)CCCNC(=O)c1c(-c2ccccc2)noc1C. The summed E-state index contributed by atoms with van der Waals surface area (Å²) >= 11 is 0. The van der Waals surface area contributed by atoms with Crippen LogP contribution in [0.4, 0.5) is 0 Å². The van der Waals surface area contributed by atoms with Crippen molar-refractivity contribution in [2.45, 2.75) is 27.2 Å². The molecule has 2 rings (SSSR count). The van der Waals surface area contributed by atoms with Crippen LogP contribution in [-0.2, 0) is 0 Å². The zero-order valence-corrected chi connectivity index (χ0v) is 14.2. The first-order chi connectivity index (χ1) is 11.2. The number of carbonyl (C=O) groups is 1. The summed E-state index contributed by atoms with van der Waals surface area (Å²) in [4.78, 5) is 14.0. The molecule has 23 heavy (non-hydrogen) atoms. The van der Waals surface area contributed by atoms with E-state index in [0.717, 1.165) is 31.6 Å². The number of nitrogens with zero attached hydrogens (tertiary/aromatic N) is 1. The molecule has 0 saturated heterocycles. The molecule has 0 saturated carbocycles. The molecule has 0 unspecified atom stereocenters. The van der Waals surface area contributed by atoms with E-state index in [9.17, 15) is 4.79 Å². The van der Waals surface area contributed by atoms with Crippen molar-refractivity contribution >= 4 is 5.91 Å². The van der Waals surface area contributed by atoms with E-state index in [2.05, 4.69) is 24.3 Å². The predicted molar refractivity (Wildman–Crippen MR) is 90.5 cm³/mol. The van der Waals surface area contributed by atoms with Crippen molar-refractivity contribution in [3.05, 3.63) is 41.7 Å². The Hall–Kier alpha value is -2.14. The zero-order valence-electron chi connectivity index (χ0n) is 14.2. The lowest BCUT2D eigenvalue weighted by Gasteiger charge is -2.15. The van der Waals surface area contributed by atoms with Crippen LogP contribution in [0, 0.1) is 6.92 Å². The Morgan fingerprint density at radius 1 is 1.22 bits per heavy atom. The smallest absolute Gasteiger partial charge is 0.257 e. The Bertz CT molecular complexity index is 618. The van der Waals surface area contributed by atoms with Crippen LogP contribution in [0.25, 0.3) is 11.3 Å². The minimum absolute atomic E-state index is 0.114. The maximum absolute atomic E-state index is 12.5. The highest BCUT2D eigenvalue weighted by atomic mass is 16.5. The van der Waals surface area contributed by atoms with Crippen LogP contribution in [0.5, 0.6) is 0 Å². The van der Waals surface area contributed by atoms with Crippen molar-refractivity contribution in [2.75, 3.05) is 26.2 Å². The molecule has 1 aromatic carbocycles. The van der Waals surface area contributed by atoms with Crippen LogP contribution in [0.2, 0.25) is 0 Å². The average Bonchev–Trinajstić information content (AvgIpc) is 2.97. The molecule has 1 heterocycles. The summed E-state index contributed by atoms with van der Waals surface area (Å²) in [6, 6.07) is 9.64. The van der Waals surface area contributed by atoms with E-state index < -0.39 is 0 Å². The highest BCUT2D eigenvalue weighted by Crippen LogP contribution is 2.24. The lowest BCUT2D eigenvalue weighted by Crippen LogP contribution is -3.11. The number of carbonyl (C=O) groups excluding carboxylic acids is 1. The van der Waals surface area contributed by atoms with Gasteiger partial charge in [0.2, 0.25) is 0 Å². The van der Waals surface area contributed by atoms with Crippen molar-refractivity contribution < 1.29 is 14.2 Å². The molecule has 0 aliphatic rings. The lowest BCUT2D eigenvalue weighted by molar-refractivity contribution is -0.896. The largest absolute Gasteiger partial charge is 0.360 e. The molecule has 124 valence electrons. The summed E-state index contributed by atoms with van der Waals surface area (Å²) in [5, 5.41) is 7.04. The Labute approximate surface area is 137 Å². The van der Waals surface area contributed by atoms with Crippen molar-refractivity contribution in [2.24, 2.45) is 0 Å². The second-order valence-corrected chi connectivity index (χ2v) is 5.64. The van der Waals surface area contributed by atoms with Crippen LogP contribution in [-0.4, -0.2) is 37.2 Å². The van der Waals surface area contributed by atoms with Crippen LogP contribution in [0.15, 0.2) is 34.9 Å². The molecule has 0 atom stereocenters. The maximum atomic E-state index is 12.5. The minimum atomic E-state index is -0.114. The Morgan fingerprint density at radius 2 is 1.91 bits per heavy atom. The van der Waals surface area contributed by atoms with E-state index >= 15 is 0 Å². The molecule has 2 aromatic rings. The number of aromatic nitrogens is 1. The third-order valence-corrected chi connectivity index (χ3v) is 4.13. The van der Waals surface area contributed by atoms with Crippen molar-refractivity contribution in [3.63, 3.8) is 0 Å². The normalized spacial score (nSPS) is 11.0. The molecule has 1 aromatic heterocycles. The van der Waals surface area contributed by atoms with Gasteiger partial charge in [0.15, 0.2) is 0 Å². The average molecular weight is 316 g/mol. The van der Waals surface area contributed by atoms with Gasteiger partial charge in [0, 0.05) is 18.5 Å². The van der Waals surface area contributed by atoms with Gasteiger partial charge in [0.1, 0.15) is 17.0 Å². The number of amides is 1. The van der Waals surface area contributed by atoms with Gasteiger partial charge in [-0.1, -0.05) is 35.5 Å². The first-order valence-electron chi connectivity index (χ1n) is 8.30. The van der Waals surface area contributed by atoms with Gasteiger partial charge in [-0.15, -0.1) is 0 Å². The molecule has 1 amide bonds. The van der Waals surface area contributed by atoms with E-state index in [1.807, 2.05) is 30.3 Å². The number of hydrogen-bond donors (Lipinski definition) is 2. The fourth-order valence-corrected chi connectivity index (χ4v) is 2.66. The summed E-state index contributed by atoms with van der Waals surface area (Å²) in [6.45, 7) is 10.1. The highest BCUT2D eigenvalue weighted by Gasteiger charge is 2.21. The first-order valence-corrected chi connectivity index (χ1v) is 8.30. The molecule has 0 radical (unpaired) electrons. The van der Waals surface area contributed by atoms with Crippen molar-refractivity contribution in [3.8, 4) is 11.3 Å². The fraction of sp³-hybridized carbons (Fsp3) is 0.444. The van der Waals surface area contributed by atoms with E-state index in [-0.39, 0.29) is 5.91 Å². The Balaban J connectivity index is 1.99. The van der Waals surface area contributed by atoms with E-state index in [0.29, 0.717) is 23.6 Å². The summed E-state index contributed by atoms with van der Waals surface area (Å²) < 4.78 is 5.24. The van der Waals surface area contributed by atoms with Gasteiger partial charge in [-0.3, -0.25) is 4.79 Å². The van der Waals surface area contributed by atoms with Gasteiger partial charge in [-0.25, -0.2) is 0 Å². The second-order valence-electron chi connectivity index (χ2n) is 5.64. The number of rotatable bonds is 8. The van der Waals surface area contributed by atoms with Crippen molar-refractivity contribution in [1.82, 2.24) is 10.5 Å². The summed E-state index contributed by atoms with van der Waals surface area (Å²) in [6.07, 6.45) is 0.966. The summed E-state index contributed by atoms with van der Waals surface area (Å²) in [5.74, 6) is 0.438. The van der Waals surface area contributed by atoms with Gasteiger partial charge >= 0.3 is 0 Å². The molecular formula is C18H26N3O2+. The van der Waals surface area contributed by atoms with Crippen LogP contribution in [0.3, 0.4) is 0 Å². The van der Waals surface area contributed by atoms with Crippen LogP contribution < -0.4 is 10.2 Å². The molecule has 0 fully saturated rings. The maximum Gasteiger partial charge on any atom is 0.257 e. The summed E-state index contributed by atoms with van der Waals surface area (Å²) in [7, 11) is 0. The van der Waals surface area contributed by atoms with Gasteiger partial charge in [-0.2, -0.15) is 0 Å². The quantitative estimate of drug-likeness (QED) is 0.729. The first kappa shape index (κ1) is 17.2. The van der Waals surface area contributed by atoms with Crippen LogP contribution in [0.1, 0.15) is 36.4 Å². The minimum Gasteiger partial charge on any atom is -0.360 e. The number of quaternary nitrogens is 1. The van der Waals surface area contributed by atoms with Crippen LogP contribution >= 0.6 is 0 Å². The summed E-state index contributed by atoms with van der Waals surface area (Å²) in [5.41, 5.74) is 2.03.